The van der Waals surface area contributed by atoms with Crippen LogP contribution in [0.3, 0.4) is 0 Å². The number of hydrogen-bond donors (Lipinski definition) is 1. The van der Waals surface area contributed by atoms with Crippen LogP contribution in [0.25, 0.3) is 33.5 Å². The molecule has 0 radical (unpaired) electrons. The number of benzene rings is 3. The molecule has 0 spiro atoms. The number of imidazole rings is 1. The average molecular weight is 394 g/mol. The van der Waals surface area contributed by atoms with Gasteiger partial charge < -0.3 is 4.57 Å². The summed E-state index contributed by atoms with van der Waals surface area (Å²) in [5.41, 5.74) is 6.63. The minimum Gasteiger partial charge on any atom is -0.323 e. The molecule has 0 saturated heterocycles. The number of nitrogens with one attached hydrogen (secondary N) is 1. The van der Waals surface area contributed by atoms with Crippen molar-refractivity contribution in [1.82, 2.24) is 30.2 Å². The Morgan fingerprint density at radius 3 is 2.33 bits per heavy atom. The number of hydrogen-bond acceptors (Lipinski definition) is 4. The molecule has 2 aromatic heterocycles. The Bertz CT molecular complexity index is 1280. The standard InChI is InChI=1S/C24H22N6/c1-16(2)24-25-21-9-5-6-10-22(21)30(24)15-17-11-13-18(14-12-17)19-7-3-4-8-20(19)23-26-28-29-27-23/h3-14,16H,15H2,1-2H3,(H,26,27,28,29). The highest BCUT2D eigenvalue weighted by Gasteiger charge is 2.14. The van der Waals surface area contributed by atoms with Crippen molar-refractivity contribution in [3.05, 3.63) is 84.2 Å². The lowest BCUT2D eigenvalue weighted by atomic mass is 9.98. The third-order valence-corrected chi connectivity index (χ3v) is 5.32. The van der Waals surface area contributed by atoms with E-state index in [-0.39, 0.29) is 0 Å². The van der Waals surface area contributed by atoms with E-state index < -0.39 is 0 Å². The second-order valence-electron chi connectivity index (χ2n) is 7.68. The maximum absolute atomic E-state index is 4.85. The van der Waals surface area contributed by atoms with Crippen LogP contribution in [0.2, 0.25) is 0 Å². The van der Waals surface area contributed by atoms with Crippen molar-refractivity contribution in [3.63, 3.8) is 0 Å². The molecule has 0 bridgehead atoms. The summed E-state index contributed by atoms with van der Waals surface area (Å²) >= 11 is 0. The molecule has 148 valence electrons. The van der Waals surface area contributed by atoms with Gasteiger partial charge in [-0.1, -0.05) is 74.5 Å². The molecule has 2 heterocycles. The van der Waals surface area contributed by atoms with Crippen LogP contribution in [-0.4, -0.2) is 30.2 Å². The van der Waals surface area contributed by atoms with Crippen LogP contribution < -0.4 is 0 Å². The van der Waals surface area contributed by atoms with Gasteiger partial charge in [-0.25, -0.2) is 4.98 Å². The summed E-state index contributed by atoms with van der Waals surface area (Å²) in [4.78, 5) is 4.85. The molecule has 0 aliphatic carbocycles. The highest BCUT2D eigenvalue weighted by Crippen LogP contribution is 2.30. The summed E-state index contributed by atoms with van der Waals surface area (Å²) in [6.45, 7) is 5.17. The van der Waals surface area contributed by atoms with E-state index in [1.807, 2.05) is 24.3 Å². The van der Waals surface area contributed by atoms with E-state index in [4.69, 9.17) is 4.98 Å². The van der Waals surface area contributed by atoms with Gasteiger partial charge in [-0.3, -0.25) is 0 Å². The maximum atomic E-state index is 4.85. The molecule has 6 nitrogen and oxygen atoms in total. The van der Waals surface area contributed by atoms with Crippen molar-refractivity contribution in [2.75, 3.05) is 0 Å². The first-order chi connectivity index (χ1) is 14.7. The lowest BCUT2D eigenvalue weighted by Crippen LogP contribution is -2.06. The van der Waals surface area contributed by atoms with Crippen molar-refractivity contribution in [2.45, 2.75) is 26.3 Å². The predicted octanol–water partition coefficient (Wildman–Crippen LogP) is 5.06. The molecule has 0 aliphatic rings. The van der Waals surface area contributed by atoms with Crippen molar-refractivity contribution < 1.29 is 0 Å². The van der Waals surface area contributed by atoms with Gasteiger partial charge in [0.15, 0.2) is 0 Å². The lowest BCUT2D eigenvalue weighted by Gasteiger charge is -2.13. The van der Waals surface area contributed by atoms with Crippen LogP contribution in [0.15, 0.2) is 72.8 Å². The summed E-state index contributed by atoms with van der Waals surface area (Å²) in [5, 5.41) is 14.5. The van der Waals surface area contributed by atoms with Gasteiger partial charge >= 0.3 is 0 Å². The third-order valence-electron chi connectivity index (χ3n) is 5.32. The number of aromatic amines is 1. The average Bonchev–Trinajstić information content (AvgIpc) is 3.43. The molecule has 5 aromatic rings. The Morgan fingerprint density at radius 1 is 0.867 bits per heavy atom. The molecular weight excluding hydrogens is 372 g/mol. The van der Waals surface area contributed by atoms with Crippen LogP contribution in [0, 0.1) is 0 Å². The van der Waals surface area contributed by atoms with Gasteiger partial charge in [-0.05, 0) is 34.0 Å². The molecule has 30 heavy (non-hydrogen) atoms. The van der Waals surface area contributed by atoms with Crippen molar-refractivity contribution >= 4 is 11.0 Å². The van der Waals surface area contributed by atoms with Crippen LogP contribution in [-0.2, 0) is 6.54 Å². The number of tetrazole rings is 1. The van der Waals surface area contributed by atoms with E-state index in [1.54, 1.807) is 0 Å². The van der Waals surface area contributed by atoms with Gasteiger partial charge in [0.25, 0.3) is 0 Å². The zero-order valence-corrected chi connectivity index (χ0v) is 16.9. The van der Waals surface area contributed by atoms with Gasteiger partial charge in [-0.15, -0.1) is 10.2 Å². The Morgan fingerprint density at radius 2 is 1.60 bits per heavy atom. The molecule has 0 saturated carbocycles. The minimum atomic E-state index is 0.360. The van der Waals surface area contributed by atoms with E-state index in [0.717, 1.165) is 34.6 Å². The van der Waals surface area contributed by atoms with Crippen LogP contribution >= 0.6 is 0 Å². The van der Waals surface area contributed by atoms with Gasteiger partial charge in [0.1, 0.15) is 5.82 Å². The number of rotatable bonds is 5. The predicted molar refractivity (Wildman–Crippen MR) is 118 cm³/mol. The quantitative estimate of drug-likeness (QED) is 0.452. The zero-order chi connectivity index (χ0) is 20.5. The highest BCUT2D eigenvalue weighted by molar-refractivity contribution is 5.80. The topological polar surface area (TPSA) is 72.3 Å². The second-order valence-corrected chi connectivity index (χ2v) is 7.68. The molecule has 0 atom stereocenters. The summed E-state index contributed by atoms with van der Waals surface area (Å²) in [6.07, 6.45) is 0. The Balaban J connectivity index is 1.50. The smallest absolute Gasteiger partial charge is 0.205 e. The molecule has 6 heteroatoms. The summed E-state index contributed by atoms with van der Waals surface area (Å²) in [6, 6.07) is 25.1. The molecule has 3 aromatic carbocycles. The van der Waals surface area contributed by atoms with Crippen molar-refractivity contribution in [2.24, 2.45) is 0 Å². The number of fused-ring (bicyclic) bond motifs is 1. The summed E-state index contributed by atoms with van der Waals surface area (Å²) in [7, 11) is 0. The Labute approximate surface area is 174 Å². The van der Waals surface area contributed by atoms with Gasteiger partial charge in [-0.2, -0.15) is 5.21 Å². The fourth-order valence-electron chi connectivity index (χ4n) is 3.88. The largest absolute Gasteiger partial charge is 0.323 e. The Kier molecular flexibility index (Phi) is 4.59. The van der Waals surface area contributed by atoms with Crippen molar-refractivity contribution in [3.8, 4) is 22.5 Å². The van der Waals surface area contributed by atoms with Gasteiger partial charge in [0.05, 0.1) is 11.0 Å². The SMILES string of the molecule is CC(C)c1nc2ccccc2n1Cc1ccc(-c2ccccc2-c2nn[nH]n2)cc1. The molecule has 0 amide bonds. The summed E-state index contributed by atoms with van der Waals surface area (Å²) in [5.74, 6) is 2.07. The van der Waals surface area contributed by atoms with Gasteiger partial charge in [0, 0.05) is 18.0 Å². The van der Waals surface area contributed by atoms with E-state index >= 15 is 0 Å². The molecule has 5 rings (SSSR count). The molecule has 1 N–H and O–H groups in total. The minimum absolute atomic E-state index is 0.360. The van der Waals surface area contributed by atoms with Crippen LogP contribution in [0.1, 0.15) is 31.2 Å². The first-order valence-electron chi connectivity index (χ1n) is 10.1. The number of para-hydroxylation sites is 2. The third kappa shape index (κ3) is 3.26. The zero-order valence-electron chi connectivity index (χ0n) is 16.9. The first-order valence-corrected chi connectivity index (χ1v) is 10.1. The van der Waals surface area contributed by atoms with E-state index in [9.17, 15) is 0 Å². The fraction of sp³-hybridized carbons (Fsp3) is 0.167. The Hall–Kier alpha value is -3.80. The molecule has 0 aliphatic heterocycles. The number of nitrogens with zero attached hydrogens (tertiary/aromatic N) is 5. The van der Waals surface area contributed by atoms with E-state index in [0.29, 0.717) is 11.7 Å². The second kappa shape index (κ2) is 7.55. The number of H-pyrrole nitrogens is 1. The summed E-state index contributed by atoms with van der Waals surface area (Å²) < 4.78 is 2.32. The molecular formula is C24H22N6. The lowest BCUT2D eigenvalue weighted by molar-refractivity contribution is 0.683. The van der Waals surface area contributed by atoms with Gasteiger partial charge in [0.2, 0.25) is 5.82 Å². The van der Waals surface area contributed by atoms with E-state index in [1.165, 1.54) is 11.1 Å². The highest BCUT2D eigenvalue weighted by atomic mass is 15.5. The maximum Gasteiger partial charge on any atom is 0.205 e. The number of aromatic nitrogens is 6. The van der Waals surface area contributed by atoms with Crippen LogP contribution in [0.5, 0.6) is 0 Å². The monoisotopic (exact) mass is 394 g/mol. The molecule has 0 fully saturated rings. The fourth-order valence-corrected chi connectivity index (χ4v) is 3.88. The first kappa shape index (κ1) is 18.2. The van der Waals surface area contributed by atoms with Crippen molar-refractivity contribution in [1.29, 1.82) is 0 Å². The van der Waals surface area contributed by atoms with Crippen LogP contribution in [0.4, 0.5) is 0 Å². The normalized spacial score (nSPS) is 11.4. The van der Waals surface area contributed by atoms with E-state index in [2.05, 4.69) is 87.6 Å². The molecule has 0 unspecified atom stereocenters.